The average molecular weight is 261 g/mol. The molecule has 99 valence electrons. The fraction of sp³-hybridized carbons (Fsp3) is 0.143. The third-order valence-corrected chi connectivity index (χ3v) is 2.32. The molecule has 0 heterocycles. The van der Waals surface area contributed by atoms with Crippen LogP contribution in [0.4, 0.5) is 4.39 Å². The number of hydrogen-bond donors (Lipinski definition) is 2. The van der Waals surface area contributed by atoms with Crippen molar-refractivity contribution in [3.05, 3.63) is 65.5 Å². The van der Waals surface area contributed by atoms with Gasteiger partial charge >= 0.3 is 7.69 Å². The molecule has 0 aliphatic rings. The van der Waals surface area contributed by atoms with E-state index in [1.165, 1.54) is 17.7 Å². The van der Waals surface area contributed by atoms with Gasteiger partial charge in [-0.2, -0.15) is 0 Å². The Bertz CT molecular complexity index is 488. The van der Waals surface area contributed by atoms with Crippen LogP contribution in [0.15, 0.2) is 48.5 Å². The maximum absolute atomic E-state index is 12.9. The zero-order chi connectivity index (χ0) is 14.1. The molecule has 0 amide bonds. The Kier molecular flexibility index (Phi) is 6.64. The maximum atomic E-state index is 12.9. The predicted molar refractivity (Wildman–Crippen MR) is 72.1 cm³/mol. The van der Waals surface area contributed by atoms with Gasteiger partial charge in [0.05, 0.1) is 0 Å². The van der Waals surface area contributed by atoms with E-state index in [4.69, 9.17) is 14.8 Å². The minimum absolute atomic E-state index is 0. The molecule has 0 aliphatic heterocycles. The Hall–Kier alpha value is -1.85. The highest BCUT2D eigenvalue weighted by Crippen LogP contribution is 2.14. The van der Waals surface area contributed by atoms with Crippen molar-refractivity contribution in [2.45, 2.75) is 13.5 Å². The van der Waals surface area contributed by atoms with E-state index in [1.807, 2.05) is 31.2 Å². The van der Waals surface area contributed by atoms with Gasteiger partial charge in [0.2, 0.25) is 0 Å². The van der Waals surface area contributed by atoms with Gasteiger partial charge in [-0.05, 0) is 24.6 Å². The van der Waals surface area contributed by atoms with Gasteiger partial charge in [0.1, 0.15) is 18.2 Å². The van der Waals surface area contributed by atoms with Crippen molar-refractivity contribution < 1.29 is 19.2 Å². The van der Waals surface area contributed by atoms with Crippen LogP contribution in [0.5, 0.6) is 5.75 Å². The molecular formula is C14H15BFO3. The number of benzene rings is 2. The molecule has 5 heteroatoms. The summed E-state index contributed by atoms with van der Waals surface area (Å²) in [5.41, 5.74) is 2.30. The molecule has 2 aromatic carbocycles. The van der Waals surface area contributed by atoms with E-state index in [1.54, 1.807) is 12.1 Å². The topological polar surface area (TPSA) is 49.7 Å². The summed E-state index contributed by atoms with van der Waals surface area (Å²) >= 11 is 0. The fourth-order valence-corrected chi connectivity index (χ4v) is 1.41. The average Bonchev–Trinajstić information content (AvgIpc) is 2.39. The van der Waals surface area contributed by atoms with E-state index in [-0.39, 0.29) is 13.5 Å². The predicted octanol–water partition coefficient (Wildman–Crippen LogP) is 2.22. The van der Waals surface area contributed by atoms with Crippen molar-refractivity contribution in [3.63, 3.8) is 0 Å². The van der Waals surface area contributed by atoms with Crippen molar-refractivity contribution >= 4 is 7.69 Å². The third kappa shape index (κ3) is 6.04. The molecule has 2 rings (SSSR count). The maximum Gasteiger partial charge on any atom is 0.482 e. The second kappa shape index (κ2) is 8.29. The van der Waals surface area contributed by atoms with E-state index in [0.717, 1.165) is 5.56 Å². The monoisotopic (exact) mass is 261 g/mol. The van der Waals surface area contributed by atoms with Crippen molar-refractivity contribution in [3.8, 4) is 5.75 Å². The highest BCUT2D eigenvalue weighted by Gasteiger charge is 1.97. The number of halogens is 1. The fourth-order valence-electron chi connectivity index (χ4n) is 1.41. The van der Waals surface area contributed by atoms with Gasteiger partial charge in [-0.25, -0.2) is 4.39 Å². The lowest BCUT2D eigenvalue weighted by atomic mass is 10.2. The quantitative estimate of drug-likeness (QED) is 0.833. The first-order valence-electron chi connectivity index (χ1n) is 5.69. The Labute approximate surface area is 112 Å². The second-order valence-electron chi connectivity index (χ2n) is 3.85. The molecule has 3 nitrogen and oxygen atoms in total. The summed E-state index contributed by atoms with van der Waals surface area (Å²) < 4.78 is 18.3. The highest BCUT2D eigenvalue weighted by atomic mass is 19.1. The Morgan fingerprint density at radius 1 is 1.11 bits per heavy atom. The van der Waals surface area contributed by atoms with E-state index in [0.29, 0.717) is 12.4 Å². The first-order chi connectivity index (χ1) is 9.15. The molecule has 19 heavy (non-hydrogen) atoms. The summed E-state index contributed by atoms with van der Waals surface area (Å²) in [5.74, 6) is 0.280. The summed E-state index contributed by atoms with van der Waals surface area (Å²) in [6, 6.07) is 14.3. The summed E-state index contributed by atoms with van der Waals surface area (Å²) in [5, 5.41) is 14.0. The van der Waals surface area contributed by atoms with Crippen molar-refractivity contribution in [1.29, 1.82) is 0 Å². The Balaban J connectivity index is 0.000000550. The number of rotatable bonds is 3. The van der Waals surface area contributed by atoms with Crippen LogP contribution in [0.2, 0.25) is 0 Å². The van der Waals surface area contributed by atoms with Crippen LogP contribution < -0.4 is 4.74 Å². The summed E-state index contributed by atoms with van der Waals surface area (Å²) in [6.07, 6.45) is 0. The largest absolute Gasteiger partial charge is 0.489 e. The van der Waals surface area contributed by atoms with Crippen molar-refractivity contribution in [1.82, 2.24) is 0 Å². The van der Waals surface area contributed by atoms with Gasteiger partial charge in [0, 0.05) is 6.07 Å². The molecule has 0 unspecified atom stereocenters. The SMILES string of the molecule is Cc1ccc(COc2cccc(F)c2)cc1.O[B]O. The van der Waals surface area contributed by atoms with Crippen molar-refractivity contribution in [2.75, 3.05) is 0 Å². The van der Waals surface area contributed by atoms with E-state index >= 15 is 0 Å². The van der Waals surface area contributed by atoms with E-state index in [9.17, 15) is 4.39 Å². The molecular weight excluding hydrogens is 246 g/mol. The van der Waals surface area contributed by atoms with Crippen LogP contribution in [0.1, 0.15) is 11.1 Å². The molecule has 0 atom stereocenters. The number of aryl methyl sites for hydroxylation is 1. The minimum Gasteiger partial charge on any atom is -0.489 e. The lowest BCUT2D eigenvalue weighted by Crippen LogP contribution is -1.95. The van der Waals surface area contributed by atoms with E-state index < -0.39 is 0 Å². The molecule has 2 aromatic rings. The summed E-state index contributed by atoms with van der Waals surface area (Å²) in [6.45, 7) is 2.50. The van der Waals surface area contributed by atoms with Gasteiger partial charge in [-0.15, -0.1) is 0 Å². The standard InChI is InChI=1S/C14H13FO.BH2O2/c1-11-5-7-12(8-6-11)10-16-14-4-2-3-13(15)9-14;2-1-3/h2-9H,10H2,1H3;2-3H. The van der Waals surface area contributed by atoms with Crippen LogP contribution in [-0.2, 0) is 6.61 Å². The van der Waals surface area contributed by atoms with Crippen LogP contribution in [0, 0.1) is 12.7 Å². The smallest absolute Gasteiger partial charge is 0.482 e. The molecule has 0 aliphatic carbocycles. The molecule has 0 spiro atoms. The molecule has 1 radical (unpaired) electrons. The molecule has 0 saturated carbocycles. The first kappa shape index (κ1) is 15.2. The number of ether oxygens (including phenoxy) is 1. The molecule has 0 bridgehead atoms. The second-order valence-corrected chi connectivity index (χ2v) is 3.85. The molecule has 0 fully saturated rings. The summed E-state index contributed by atoms with van der Waals surface area (Å²) in [7, 11) is 0. The van der Waals surface area contributed by atoms with Crippen LogP contribution in [0.25, 0.3) is 0 Å². The van der Waals surface area contributed by atoms with Gasteiger partial charge in [-0.3, -0.25) is 0 Å². The van der Waals surface area contributed by atoms with Gasteiger partial charge in [0.15, 0.2) is 0 Å². The van der Waals surface area contributed by atoms with Gasteiger partial charge in [0.25, 0.3) is 0 Å². The van der Waals surface area contributed by atoms with E-state index in [2.05, 4.69) is 0 Å². The minimum atomic E-state index is -0.276. The first-order valence-corrected chi connectivity index (χ1v) is 5.69. The third-order valence-electron chi connectivity index (χ3n) is 2.32. The lowest BCUT2D eigenvalue weighted by molar-refractivity contribution is 0.304. The normalized spacial score (nSPS) is 9.26. The zero-order valence-electron chi connectivity index (χ0n) is 10.6. The summed E-state index contributed by atoms with van der Waals surface area (Å²) in [4.78, 5) is 0. The number of hydrogen-bond acceptors (Lipinski definition) is 3. The van der Waals surface area contributed by atoms with Gasteiger partial charge in [-0.1, -0.05) is 35.9 Å². The van der Waals surface area contributed by atoms with Gasteiger partial charge < -0.3 is 14.8 Å². The Morgan fingerprint density at radius 3 is 2.32 bits per heavy atom. The van der Waals surface area contributed by atoms with Crippen LogP contribution >= 0.6 is 0 Å². The van der Waals surface area contributed by atoms with Crippen molar-refractivity contribution in [2.24, 2.45) is 0 Å². The molecule has 0 saturated heterocycles. The lowest BCUT2D eigenvalue weighted by Gasteiger charge is -2.06. The van der Waals surface area contributed by atoms with Crippen LogP contribution in [-0.4, -0.2) is 17.7 Å². The molecule has 0 aromatic heterocycles. The Morgan fingerprint density at radius 2 is 1.74 bits per heavy atom. The highest BCUT2D eigenvalue weighted by molar-refractivity contribution is 6.13. The zero-order valence-corrected chi connectivity index (χ0v) is 10.6. The van der Waals surface area contributed by atoms with Crippen LogP contribution in [0.3, 0.4) is 0 Å². The molecule has 2 N–H and O–H groups in total.